The molecule has 34 heavy (non-hydrogen) atoms. The van der Waals surface area contributed by atoms with Crippen molar-refractivity contribution in [3.8, 4) is 0 Å². The first-order valence-electron chi connectivity index (χ1n) is 10.9. The van der Waals surface area contributed by atoms with Crippen LogP contribution in [0.4, 0.5) is 22.9 Å². The van der Waals surface area contributed by atoms with Gasteiger partial charge in [0.25, 0.3) is 10.9 Å². The van der Waals surface area contributed by atoms with Crippen LogP contribution < -0.4 is 26.8 Å². The van der Waals surface area contributed by atoms with Gasteiger partial charge in [0, 0.05) is 29.2 Å². The van der Waals surface area contributed by atoms with Crippen LogP contribution in [0.25, 0.3) is 10.8 Å². The molecule has 1 atom stereocenters. The number of hydrogen-bond donors (Lipinski definition) is 4. The lowest BCUT2D eigenvalue weighted by Crippen LogP contribution is -2.44. The Kier molecular flexibility index (Phi) is 6.06. The predicted molar refractivity (Wildman–Crippen MR) is 135 cm³/mol. The summed E-state index contributed by atoms with van der Waals surface area (Å²) >= 11 is 0. The van der Waals surface area contributed by atoms with Crippen molar-refractivity contribution in [1.29, 1.82) is 0 Å². The fraction of sp³-hybridized carbons (Fsp3) is 0.231. The number of hydrogen-bond acceptors (Lipinski definition) is 7. The number of carbonyl (C=O) groups is 1. The standard InChI is InChI=1S/C26H26N4O4/c1-26(2,3)30-21-20(22(31)23(21)32)29-19(25(33)34)14-15-8-10-17(11-9-15)28-24-18-7-5-4-6-16(18)12-13-27-24/h4-13,19,29-30H,14H2,1-3H3,(H,27,28)(H,33,34)/t19-/m0/s1. The van der Waals surface area contributed by atoms with Gasteiger partial charge in [-0.05, 0) is 49.9 Å². The molecule has 1 heterocycles. The second-order valence-electron chi connectivity index (χ2n) is 9.23. The van der Waals surface area contributed by atoms with Gasteiger partial charge in [0.05, 0.1) is 0 Å². The summed E-state index contributed by atoms with van der Waals surface area (Å²) in [7, 11) is 0. The average molecular weight is 459 g/mol. The molecule has 0 aliphatic rings. The van der Waals surface area contributed by atoms with Gasteiger partial charge in [-0.25, -0.2) is 9.78 Å². The summed E-state index contributed by atoms with van der Waals surface area (Å²) < 4.78 is 0. The molecule has 0 unspecified atom stereocenters. The summed E-state index contributed by atoms with van der Waals surface area (Å²) in [4.78, 5) is 40.3. The third-order valence-corrected chi connectivity index (χ3v) is 5.36. The average Bonchev–Trinajstić information content (AvgIpc) is 2.80. The lowest BCUT2D eigenvalue weighted by molar-refractivity contribution is -0.137. The van der Waals surface area contributed by atoms with Gasteiger partial charge in [-0.1, -0.05) is 36.4 Å². The van der Waals surface area contributed by atoms with E-state index < -0.39 is 28.4 Å². The lowest BCUT2D eigenvalue weighted by Gasteiger charge is -2.26. The van der Waals surface area contributed by atoms with Gasteiger partial charge in [0.15, 0.2) is 0 Å². The van der Waals surface area contributed by atoms with Crippen LogP contribution in [0.15, 0.2) is 70.4 Å². The van der Waals surface area contributed by atoms with E-state index in [4.69, 9.17) is 0 Å². The number of aliphatic carboxylic acids is 1. The quantitative estimate of drug-likeness (QED) is 0.294. The normalized spacial score (nSPS) is 12.4. The van der Waals surface area contributed by atoms with Crippen LogP contribution in [-0.4, -0.2) is 27.6 Å². The van der Waals surface area contributed by atoms with E-state index in [0.717, 1.165) is 27.8 Å². The summed E-state index contributed by atoms with van der Waals surface area (Å²) in [6.45, 7) is 5.56. The Morgan fingerprint density at radius 2 is 1.65 bits per heavy atom. The fourth-order valence-electron chi connectivity index (χ4n) is 3.71. The molecule has 0 amide bonds. The molecule has 1 aromatic heterocycles. The van der Waals surface area contributed by atoms with Crippen LogP contribution in [-0.2, 0) is 11.2 Å². The molecule has 0 radical (unpaired) electrons. The van der Waals surface area contributed by atoms with Gasteiger partial charge >= 0.3 is 5.97 Å². The lowest BCUT2D eigenvalue weighted by atomic mass is 10.0. The first-order chi connectivity index (χ1) is 16.1. The predicted octanol–water partition coefficient (Wildman–Crippen LogP) is 3.89. The van der Waals surface area contributed by atoms with Gasteiger partial charge in [0.1, 0.15) is 23.2 Å². The highest BCUT2D eigenvalue weighted by atomic mass is 16.4. The highest BCUT2D eigenvalue weighted by molar-refractivity contribution is 5.93. The number of carboxylic acid groups (broad SMARTS) is 1. The number of rotatable bonds is 8. The molecule has 0 spiro atoms. The van der Waals surface area contributed by atoms with E-state index in [1.807, 2.05) is 75.4 Å². The van der Waals surface area contributed by atoms with Crippen molar-refractivity contribution in [2.24, 2.45) is 0 Å². The molecule has 0 fully saturated rings. The molecule has 0 aliphatic heterocycles. The van der Waals surface area contributed by atoms with Crippen LogP contribution in [0.5, 0.6) is 0 Å². The molecule has 4 rings (SSSR count). The monoisotopic (exact) mass is 458 g/mol. The zero-order valence-electron chi connectivity index (χ0n) is 19.2. The molecule has 4 aromatic rings. The first kappa shape index (κ1) is 23.0. The Labute approximate surface area is 196 Å². The maximum Gasteiger partial charge on any atom is 0.326 e. The molecular formula is C26H26N4O4. The topological polar surface area (TPSA) is 120 Å². The maximum absolute atomic E-state index is 12.1. The van der Waals surface area contributed by atoms with E-state index in [2.05, 4.69) is 20.9 Å². The number of anilines is 4. The second kappa shape index (κ2) is 8.97. The van der Waals surface area contributed by atoms with Crippen LogP contribution in [0.3, 0.4) is 0 Å². The van der Waals surface area contributed by atoms with E-state index in [9.17, 15) is 19.5 Å². The summed E-state index contributed by atoms with van der Waals surface area (Å²) in [5, 5.41) is 20.8. The van der Waals surface area contributed by atoms with E-state index in [0.29, 0.717) is 0 Å². The minimum absolute atomic E-state index is 0.0210. The fourth-order valence-corrected chi connectivity index (χ4v) is 3.71. The van der Waals surface area contributed by atoms with Crippen LogP contribution >= 0.6 is 0 Å². The Morgan fingerprint density at radius 3 is 2.32 bits per heavy atom. The van der Waals surface area contributed by atoms with Crippen LogP contribution in [0.2, 0.25) is 0 Å². The van der Waals surface area contributed by atoms with E-state index >= 15 is 0 Å². The molecule has 8 heteroatoms. The third kappa shape index (κ3) is 4.91. The zero-order chi connectivity index (χ0) is 24.5. The number of fused-ring (bicyclic) bond motifs is 1. The van der Waals surface area contributed by atoms with Gasteiger partial charge < -0.3 is 21.1 Å². The van der Waals surface area contributed by atoms with Crippen molar-refractivity contribution < 1.29 is 9.90 Å². The number of nitrogens with one attached hydrogen (secondary N) is 3. The van der Waals surface area contributed by atoms with Crippen molar-refractivity contribution >= 4 is 39.6 Å². The molecule has 0 bridgehead atoms. The smallest absolute Gasteiger partial charge is 0.326 e. The Balaban J connectivity index is 1.48. The third-order valence-electron chi connectivity index (χ3n) is 5.36. The van der Waals surface area contributed by atoms with Crippen molar-refractivity contribution in [1.82, 2.24) is 4.98 Å². The van der Waals surface area contributed by atoms with Crippen LogP contribution in [0, 0.1) is 0 Å². The SMILES string of the molecule is CC(C)(C)Nc1c(N[C@@H](Cc2ccc(Nc3nccc4ccccc34)cc2)C(=O)O)c(=O)c1=O. The highest BCUT2D eigenvalue weighted by Gasteiger charge is 2.28. The molecule has 0 saturated heterocycles. The van der Waals surface area contributed by atoms with Gasteiger partial charge in [-0.3, -0.25) is 9.59 Å². The van der Waals surface area contributed by atoms with Gasteiger partial charge in [0.2, 0.25) is 0 Å². The van der Waals surface area contributed by atoms with E-state index in [1.165, 1.54) is 0 Å². The summed E-state index contributed by atoms with van der Waals surface area (Å²) in [5.74, 6) is -0.383. The minimum Gasteiger partial charge on any atom is -0.480 e. The number of aromatic nitrogens is 1. The molecule has 4 N–H and O–H groups in total. The zero-order valence-corrected chi connectivity index (χ0v) is 19.2. The highest BCUT2D eigenvalue weighted by Crippen LogP contribution is 2.25. The molecule has 3 aromatic carbocycles. The number of pyridine rings is 1. The maximum atomic E-state index is 12.1. The van der Waals surface area contributed by atoms with Crippen molar-refractivity contribution in [3.05, 3.63) is 86.8 Å². The molecule has 0 saturated carbocycles. The summed E-state index contributed by atoms with van der Waals surface area (Å²) in [6.07, 6.45) is 1.88. The Morgan fingerprint density at radius 1 is 0.971 bits per heavy atom. The van der Waals surface area contributed by atoms with Crippen molar-refractivity contribution in [2.45, 2.75) is 38.8 Å². The summed E-state index contributed by atoms with van der Waals surface area (Å²) in [5.41, 5.74) is -0.0660. The minimum atomic E-state index is -1.11. The molecule has 8 nitrogen and oxygen atoms in total. The largest absolute Gasteiger partial charge is 0.480 e. The van der Waals surface area contributed by atoms with Gasteiger partial charge in [-0.2, -0.15) is 0 Å². The van der Waals surface area contributed by atoms with E-state index in [1.54, 1.807) is 6.20 Å². The van der Waals surface area contributed by atoms with Crippen molar-refractivity contribution in [3.63, 3.8) is 0 Å². The van der Waals surface area contributed by atoms with E-state index in [-0.39, 0.29) is 17.8 Å². The first-order valence-corrected chi connectivity index (χ1v) is 10.9. The van der Waals surface area contributed by atoms with Crippen LogP contribution in [0.1, 0.15) is 26.3 Å². The molecule has 174 valence electrons. The second-order valence-corrected chi connectivity index (χ2v) is 9.23. The summed E-state index contributed by atoms with van der Waals surface area (Å²) in [6, 6.07) is 16.2. The Bertz CT molecular complexity index is 1410. The number of nitrogens with zero attached hydrogens (tertiary/aromatic N) is 1. The Hall–Kier alpha value is -4.20. The molecule has 0 aliphatic carbocycles. The van der Waals surface area contributed by atoms with Gasteiger partial charge in [-0.15, -0.1) is 0 Å². The van der Waals surface area contributed by atoms with Crippen molar-refractivity contribution in [2.75, 3.05) is 16.0 Å². The number of benzene rings is 2. The molecular weight excluding hydrogens is 432 g/mol. The number of carboxylic acids is 1.